The number of fused-ring (bicyclic) bond motifs is 5. The fourth-order valence-corrected chi connectivity index (χ4v) is 3.95. The summed E-state index contributed by atoms with van der Waals surface area (Å²) in [6.45, 7) is 7.91. The largest absolute Gasteiger partial charge is 0.507 e. The summed E-state index contributed by atoms with van der Waals surface area (Å²) in [5, 5.41) is 11.3. The van der Waals surface area contributed by atoms with Crippen molar-refractivity contribution in [3.63, 3.8) is 0 Å². The van der Waals surface area contributed by atoms with Crippen LogP contribution in [0.25, 0.3) is 28.0 Å². The molecule has 1 aliphatic rings. The lowest BCUT2D eigenvalue weighted by atomic mass is 9.81. The number of aromatic hydroxyl groups is 1. The van der Waals surface area contributed by atoms with Crippen molar-refractivity contribution >= 4 is 16.8 Å². The van der Waals surface area contributed by atoms with Gasteiger partial charge in [0.1, 0.15) is 5.75 Å². The van der Waals surface area contributed by atoms with Crippen LogP contribution >= 0.6 is 0 Å². The minimum Gasteiger partial charge on any atom is -0.507 e. The van der Waals surface area contributed by atoms with Crippen LogP contribution in [-0.2, 0) is 11.6 Å². The van der Waals surface area contributed by atoms with Crippen LogP contribution in [0.3, 0.4) is 0 Å². The molecule has 0 bridgehead atoms. The zero-order valence-electron chi connectivity index (χ0n) is 14.4. The van der Waals surface area contributed by atoms with Crippen molar-refractivity contribution < 1.29 is 18.3 Å². The van der Waals surface area contributed by atoms with Crippen molar-refractivity contribution in [2.24, 2.45) is 0 Å². The summed E-state index contributed by atoms with van der Waals surface area (Å²) in [5.74, 6) is -0.130. The molecule has 0 radical (unpaired) electrons. The Morgan fingerprint density at radius 2 is 1.69 bits per heavy atom. The van der Waals surface area contributed by atoms with Gasteiger partial charge in [0, 0.05) is 10.8 Å². The average molecular weight is 354 g/mol. The number of alkyl halides is 3. The Morgan fingerprint density at radius 1 is 0.962 bits per heavy atom. The quantitative estimate of drug-likeness (QED) is 0.528. The number of hydrogen-bond acceptors (Lipinski definition) is 1. The van der Waals surface area contributed by atoms with E-state index in [2.05, 4.69) is 20.4 Å². The molecule has 0 amide bonds. The molecule has 1 aliphatic carbocycles. The lowest BCUT2D eigenvalue weighted by Crippen LogP contribution is -2.14. The molecule has 1 nitrogen and oxygen atoms in total. The van der Waals surface area contributed by atoms with E-state index < -0.39 is 11.7 Å². The van der Waals surface area contributed by atoms with E-state index in [-0.39, 0.29) is 16.6 Å². The van der Waals surface area contributed by atoms with Gasteiger partial charge in [-0.15, -0.1) is 0 Å². The Balaban J connectivity index is 2.12. The first kappa shape index (κ1) is 16.7. The van der Waals surface area contributed by atoms with Crippen molar-refractivity contribution in [2.75, 3.05) is 0 Å². The number of halogens is 3. The third kappa shape index (κ3) is 2.18. The zero-order valence-corrected chi connectivity index (χ0v) is 14.4. The summed E-state index contributed by atoms with van der Waals surface area (Å²) >= 11 is 0. The molecular formula is C22H17F3O. The molecule has 0 saturated heterocycles. The number of benzene rings is 3. The Kier molecular flexibility index (Phi) is 3.30. The van der Waals surface area contributed by atoms with Gasteiger partial charge in [0.2, 0.25) is 0 Å². The highest BCUT2D eigenvalue weighted by Crippen LogP contribution is 2.53. The van der Waals surface area contributed by atoms with Crippen molar-refractivity contribution in [1.82, 2.24) is 0 Å². The Bertz CT molecular complexity index is 1070. The summed E-state index contributed by atoms with van der Waals surface area (Å²) in [6, 6.07) is 11.2. The van der Waals surface area contributed by atoms with Gasteiger partial charge >= 0.3 is 6.18 Å². The highest BCUT2D eigenvalue weighted by Gasteiger charge is 2.38. The molecule has 3 aromatic rings. The first-order chi connectivity index (χ1) is 12.1. The van der Waals surface area contributed by atoms with E-state index in [1.807, 2.05) is 18.2 Å². The second-order valence-corrected chi connectivity index (χ2v) is 7.21. The molecule has 0 unspecified atom stereocenters. The lowest BCUT2D eigenvalue weighted by Gasteiger charge is -2.22. The highest BCUT2D eigenvalue weighted by atomic mass is 19.4. The molecule has 0 atom stereocenters. The monoisotopic (exact) mass is 354 g/mol. The molecule has 1 N–H and O–H groups in total. The van der Waals surface area contributed by atoms with Crippen LogP contribution in [-0.4, -0.2) is 5.11 Å². The normalized spacial score (nSPS) is 15.0. The molecule has 0 aromatic heterocycles. The first-order valence-corrected chi connectivity index (χ1v) is 8.29. The molecule has 3 aromatic carbocycles. The van der Waals surface area contributed by atoms with E-state index in [0.29, 0.717) is 5.39 Å². The van der Waals surface area contributed by atoms with Gasteiger partial charge in [-0.3, -0.25) is 0 Å². The molecule has 4 heteroatoms. The number of rotatable bonds is 1. The van der Waals surface area contributed by atoms with Crippen molar-refractivity contribution in [2.45, 2.75) is 25.4 Å². The molecule has 0 fully saturated rings. The average Bonchev–Trinajstić information content (AvgIpc) is 2.81. The maximum Gasteiger partial charge on any atom is 0.416 e. The van der Waals surface area contributed by atoms with Crippen LogP contribution in [0.2, 0.25) is 0 Å². The summed E-state index contributed by atoms with van der Waals surface area (Å²) in [5.41, 5.74) is 3.70. The van der Waals surface area contributed by atoms with Gasteiger partial charge in [0.25, 0.3) is 0 Å². The summed E-state index contributed by atoms with van der Waals surface area (Å²) < 4.78 is 39.3. The number of phenolic OH excluding ortho intramolecular Hbond substituents is 1. The molecule has 0 heterocycles. The SMILES string of the molecule is C=Cc1ccc2c(c1)-c1c(cc(O)c3cc(C(F)(F)F)ccc13)C2(C)C. The number of phenols is 1. The van der Waals surface area contributed by atoms with Crippen LogP contribution in [0.15, 0.2) is 49.0 Å². The summed E-state index contributed by atoms with van der Waals surface area (Å²) in [7, 11) is 0. The summed E-state index contributed by atoms with van der Waals surface area (Å²) in [4.78, 5) is 0. The minimum atomic E-state index is -4.45. The van der Waals surface area contributed by atoms with Gasteiger partial charge in [-0.25, -0.2) is 0 Å². The van der Waals surface area contributed by atoms with Crippen LogP contribution in [0, 0.1) is 0 Å². The lowest BCUT2D eigenvalue weighted by molar-refractivity contribution is -0.137. The Hall–Kier alpha value is -2.75. The van der Waals surface area contributed by atoms with Crippen molar-refractivity contribution in [3.8, 4) is 16.9 Å². The molecule has 4 rings (SSSR count). The fourth-order valence-electron chi connectivity index (χ4n) is 3.95. The maximum absolute atomic E-state index is 13.1. The van der Waals surface area contributed by atoms with E-state index in [1.54, 1.807) is 12.1 Å². The van der Waals surface area contributed by atoms with Crippen LogP contribution in [0.1, 0.15) is 36.1 Å². The third-order valence-electron chi connectivity index (χ3n) is 5.34. The second-order valence-electron chi connectivity index (χ2n) is 7.21. The van der Waals surface area contributed by atoms with Crippen LogP contribution < -0.4 is 0 Å². The van der Waals surface area contributed by atoms with Gasteiger partial charge in [0.05, 0.1) is 5.56 Å². The molecular weight excluding hydrogens is 337 g/mol. The highest BCUT2D eigenvalue weighted by molar-refractivity contribution is 6.05. The number of hydrogen-bond donors (Lipinski definition) is 1. The Morgan fingerprint density at radius 3 is 2.35 bits per heavy atom. The molecule has 0 saturated carbocycles. The van der Waals surface area contributed by atoms with Crippen molar-refractivity contribution in [3.05, 3.63) is 71.3 Å². The standard InChI is InChI=1S/C22H17F3O/c1-4-12-5-8-17-16(9-12)20-14-7-6-13(22(23,24)25)10-15(14)19(26)11-18(20)21(17,2)3/h4-11,26H,1H2,2-3H3. The second kappa shape index (κ2) is 5.13. The van der Waals surface area contributed by atoms with E-state index in [4.69, 9.17) is 0 Å². The molecule has 0 aliphatic heterocycles. The predicted molar refractivity (Wildman–Crippen MR) is 98.3 cm³/mol. The first-order valence-electron chi connectivity index (χ1n) is 8.29. The smallest absolute Gasteiger partial charge is 0.416 e. The molecule has 26 heavy (non-hydrogen) atoms. The van der Waals surface area contributed by atoms with Gasteiger partial charge in [-0.2, -0.15) is 13.2 Å². The maximum atomic E-state index is 13.1. The zero-order chi connectivity index (χ0) is 18.9. The predicted octanol–water partition coefficient (Wildman–Crippen LogP) is 6.51. The Labute approximate surface area is 149 Å². The van der Waals surface area contributed by atoms with Crippen LogP contribution in [0.4, 0.5) is 13.2 Å². The minimum absolute atomic E-state index is 0.130. The van der Waals surface area contributed by atoms with E-state index in [0.717, 1.165) is 39.9 Å². The summed E-state index contributed by atoms with van der Waals surface area (Å²) in [6.07, 6.45) is -2.71. The van der Waals surface area contributed by atoms with E-state index >= 15 is 0 Å². The van der Waals surface area contributed by atoms with Gasteiger partial charge in [-0.1, -0.05) is 44.7 Å². The topological polar surface area (TPSA) is 20.2 Å². The van der Waals surface area contributed by atoms with Gasteiger partial charge < -0.3 is 5.11 Å². The third-order valence-corrected chi connectivity index (χ3v) is 5.34. The molecule has 0 spiro atoms. The fraction of sp³-hybridized carbons (Fsp3) is 0.182. The molecule has 132 valence electrons. The van der Waals surface area contributed by atoms with Gasteiger partial charge in [-0.05, 0) is 57.5 Å². The van der Waals surface area contributed by atoms with Gasteiger partial charge in [0.15, 0.2) is 0 Å². The van der Waals surface area contributed by atoms with Crippen molar-refractivity contribution in [1.29, 1.82) is 0 Å². The van der Waals surface area contributed by atoms with E-state index in [9.17, 15) is 18.3 Å². The van der Waals surface area contributed by atoms with Crippen LogP contribution in [0.5, 0.6) is 5.75 Å². The van der Waals surface area contributed by atoms with E-state index in [1.165, 1.54) is 6.07 Å².